The van der Waals surface area contributed by atoms with Crippen LogP contribution in [0.3, 0.4) is 0 Å². The molecule has 0 saturated heterocycles. The van der Waals surface area contributed by atoms with E-state index in [1.165, 1.54) is 96.3 Å². The van der Waals surface area contributed by atoms with E-state index in [2.05, 4.69) is 13.8 Å². The van der Waals surface area contributed by atoms with Crippen molar-refractivity contribution in [2.24, 2.45) is 0 Å². The molecule has 0 amide bonds. The van der Waals surface area contributed by atoms with Crippen molar-refractivity contribution >= 4 is 0 Å². The maximum Gasteiger partial charge on any atom is -0.0533 e. The number of hydrogen-bond donors (Lipinski definition) is 0. The lowest BCUT2D eigenvalue weighted by atomic mass is 10.0. The molecule has 0 fully saturated rings. The highest BCUT2D eigenvalue weighted by Gasteiger charge is 1.93. The topological polar surface area (TPSA) is 0 Å². The predicted molar refractivity (Wildman–Crippen MR) is 108 cm³/mol. The van der Waals surface area contributed by atoms with E-state index < -0.39 is 0 Å². The summed E-state index contributed by atoms with van der Waals surface area (Å²) in [4.78, 5) is 0. The van der Waals surface area contributed by atoms with Gasteiger partial charge in [-0.25, -0.2) is 0 Å². The molecule has 0 aromatic carbocycles. The third kappa shape index (κ3) is 33.1. The van der Waals surface area contributed by atoms with E-state index in [0.717, 1.165) is 0 Å². The summed E-state index contributed by atoms with van der Waals surface area (Å²) >= 11 is 0. The highest BCUT2D eigenvalue weighted by atomic mass is 14.0. The summed E-state index contributed by atoms with van der Waals surface area (Å²) in [7, 11) is 0. The number of unbranched alkanes of at least 4 members (excludes halogenated alkanes) is 14. The van der Waals surface area contributed by atoms with Crippen molar-refractivity contribution in [2.45, 2.75) is 140 Å². The van der Waals surface area contributed by atoms with Crippen LogP contribution in [0.1, 0.15) is 140 Å². The molecule has 0 saturated carbocycles. The second kappa shape index (κ2) is 32.1. The van der Waals surface area contributed by atoms with Gasteiger partial charge in [-0.15, -0.1) is 0 Å². The molecule has 0 heteroatoms. The molecule has 21 heavy (non-hydrogen) atoms. The smallest absolute Gasteiger partial charge is 0.0533 e. The molecule has 0 aromatic rings. The monoisotopic (exact) mass is 304 g/mol. The Labute approximate surface area is 140 Å². The molecule has 0 aliphatic heterocycles. The minimum Gasteiger partial charge on any atom is -0.0776 e. The molecule has 0 N–H and O–H groups in total. The van der Waals surface area contributed by atoms with Crippen LogP contribution in [0.25, 0.3) is 0 Å². The van der Waals surface area contributed by atoms with Gasteiger partial charge in [0, 0.05) is 0 Å². The van der Waals surface area contributed by atoms with Gasteiger partial charge in [-0.1, -0.05) is 140 Å². The lowest BCUT2D eigenvalue weighted by Gasteiger charge is -2.02. The standard InChI is InChI=1S/C17H36.4CH4/c1-3-5-7-9-11-13-15-17-16-14-12-10-8-6-4-2;;;;/h3-17H2,1-2H3;4*1H4. The summed E-state index contributed by atoms with van der Waals surface area (Å²) in [5.41, 5.74) is 0. The molecule has 0 heterocycles. The first-order valence-electron chi connectivity index (χ1n) is 8.41. The van der Waals surface area contributed by atoms with Crippen LogP contribution < -0.4 is 0 Å². The molecule has 0 radical (unpaired) electrons. The quantitative estimate of drug-likeness (QED) is 0.280. The molecule has 0 rings (SSSR count). The highest BCUT2D eigenvalue weighted by molar-refractivity contribution is 4.48. The molecule has 0 atom stereocenters. The van der Waals surface area contributed by atoms with E-state index in [4.69, 9.17) is 0 Å². The summed E-state index contributed by atoms with van der Waals surface area (Å²) in [6.45, 7) is 4.58. The van der Waals surface area contributed by atoms with E-state index >= 15 is 0 Å². The Bertz CT molecular complexity index is 103. The first-order valence-corrected chi connectivity index (χ1v) is 8.41. The van der Waals surface area contributed by atoms with Crippen molar-refractivity contribution in [3.05, 3.63) is 0 Å². The van der Waals surface area contributed by atoms with Gasteiger partial charge in [-0.05, 0) is 0 Å². The second-order valence-corrected chi connectivity index (χ2v) is 5.60. The Hall–Kier alpha value is 0. The molecular weight excluding hydrogens is 252 g/mol. The van der Waals surface area contributed by atoms with Crippen LogP contribution in [0.15, 0.2) is 0 Å². The van der Waals surface area contributed by atoms with Gasteiger partial charge in [0.1, 0.15) is 0 Å². The van der Waals surface area contributed by atoms with Gasteiger partial charge >= 0.3 is 0 Å². The fourth-order valence-electron chi connectivity index (χ4n) is 2.44. The van der Waals surface area contributed by atoms with Crippen LogP contribution in [0.2, 0.25) is 0 Å². The van der Waals surface area contributed by atoms with Gasteiger partial charge in [0.15, 0.2) is 0 Å². The molecule has 0 aliphatic rings. The average Bonchev–Trinajstić information content (AvgIpc) is 2.35. The Kier molecular flexibility index (Phi) is 50.1. The van der Waals surface area contributed by atoms with E-state index in [0.29, 0.717) is 0 Å². The van der Waals surface area contributed by atoms with Gasteiger partial charge in [0.05, 0.1) is 0 Å². The molecule has 0 spiro atoms. The zero-order valence-corrected chi connectivity index (χ0v) is 12.6. The minimum atomic E-state index is 0. The summed E-state index contributed by atoms with van der Waals surface area (Å²) in [5, 5.41) is 0. The maximum atomic E-state index is 2.29. The van der Waals surface area contributed by atoms with Gasteiger partial charge in [0.2, 0.25) is 0 Å². The zero-order valence-electron chi connectivity index (χ0n) is 12.6. The average molecular weight is 305 g/mol. The van der Waals surface area contributed by atoms with Crippen LogP contribution in [-0.2, 0) is 0 Å². The Morgan fingerprint density at radius 3 is 0.571 bits per heavy atom. The zero-order chi connectivity index (χ0) is 12.6. The lowest BCUT2D eigenvalue weighted by Crippen LogP contribution is -1.82. The van der Waals surface area contributed by atoms with Gasteiger partial charge in [-0.2, -0.15) is 0 Å². The van der Waals surface area contributed by atoms with E-state index in [1.54, 1.807) is 0 Å². The van der Waals surface area contributed by atoms with Gasteiger partial charge < -0.3 is 0 Å². The first-order chi connectivity index (χ1) is 8.41. The van der Waals surface area contributed by atoms with E-state index in [9.17, 15) is 0 Å². The maximum absolute atomic E-state index is 2.29. The Morgan fingerprint density at radius 2 is 0.429 bits per heavy atom. The molecule has 0 aromatic heterocycles. The van der Waals surface area contributed by atoms with Crippen molar-refractivity contribution in [1.29, 1.82) is 0 Å². The van der Waals surface area contributed by atoms with Crippen LogP contribution in [-0.4, -0.2) is 0 Å². The number of hydrogen-bond acceptors (Lipinski definition) is 0. The molecule has 0 nitrogen and oxygen atoms in total. The van der Waals surface area contributed by atoms with Crippen molar-refractivity contribution in [3.63, 3.8) is 0 Å². The normalized spacial score (nSPS) is 8.86. The summed E-state index contributed by atoms with van der Waals surface area (Å²) in [5.74, 6) is 0. The summed E-state index contributed by atoms with van der Waals surface area (Å²) < 4.78 is 0. The lowest BCUT2D eigenvalue weighted by molar-refractivity contribution is 0.534. The number of rotatable bonds is 14. The minimum absolute atomic E-state index is 0. The fraction of sp³-hybridized carbons (Fsp3) is 1.00. The van der Waals surface area contributed by atoms with E-state index in [-0.39, 0.29) is 29.7 Å². The SMILES string of the molecule is C.C.C.C.CCCCCCCCCCCCCCCCC. The van der Waals surface area contributed by atoms with Crippen LogP contribution >= 0.6 is 0 Å². The Balaban J connectivity index is -0.000000213. The fourth-order valence-corrected chi connectivity index (χ4v) is 2.44. The van der Waals surface area contributed by atoms with Crippen LogP contribution in [0.5, 0.6) is 0 Å². The predicted octanol–water partition coefficient (Wildman–Crippen LogP) is 9.42. The third-order valence-corrected chi connectivity index (χ3v) is 3.71. The molecule has 136 valence electrons. The van der Waals surface area contributed by atoms with Crippen molar-refractivity contribution in [3.8, 4) is 0 Å². The molecular formula is C21H52. The first kappa shape index (κ1) is 32.8. The third-order valence-electron chi connectivity index (χ3n) is 3.71. The van der Waals surface area contributed by atoms with Gasteiger partial charge in [0.25, 0.3) is 0 Å². The second-order valence-electron chi connectivity index (χ2n) is 5.60. The van der Waals surface area contributed by atoms with Crippen LogP contribution in [0, 0.1) is 0 Å². The van der Waals surface area contributed by atoms with Crippen LogP contribution in [0.4, 0.5) is 0 Å². The van der Waals surface area contributed by atoms with Crippen molar-refractivity contribution in [2.75, 3.05) is 0 Å². The highest BCUT2D eigenvalue weighted by Crippen LogP contribution is 2.13. The summed E-state index contributed by atoms with van der Waals surface area (Å²) in [6.07, 6.45) is 21.9. The Morgan fingerprint density at radius 1 is 0.286 bits per heavy atom. The van der Waals surface area contributed by atoms with Crippen molar-refractivity contribution in [1.82, 2.24) is 0 Å². The van der Waals surface area contributed by atoms with Crippen molar-refractivity contribution < 1.29 is 0 Å². The largest absolute Gasteiger partial charge is 0.0776 e. The summed E-state index contributed by atoms with van der Waals surface area (Å²) in [6, 6.07) is 0. The molecule has 0 unspecified atom stereocenters. The molecule has 0 aliphatic carbocycles. The van der Waals surface area contributed by atoms with E-state index in [1.807, 2.05) is 0 Å². The molecule has 0 bridgehead atoms. The van der Waals surface area contributed by atoms with Gasteiger partial charge in [-0.3, -0.25) is 0 Å².